The van der Waals surface area contributed by atoms with Gasteiger partial charge in [0, 0.05) is 59.7 Å². The number of cyclic esters (lactones) is 1. The number of nitrogens with zero attached hydrogens (tertiary/aromatic N) is 1. The van der Waals surface area contributed by atoms with Crippen LogP contribution in [0.4, 0.5) is 0 Å². The molecule has 7 heterocycles. The molecular weight excluding hydrogens is 795 g/mol. The molecule has 0 aromatic rings. The van der Waals surface area contributed by atoms with E-state index in [2.05, 4.69) is 47.9 Å². The van der Waals surface area contributed by atoms with Gasteiger partial charge in [-0.2, -0.15) is 0 Å². The number of dihydropyridines is 2. The molecule has 0 unspecified atom stereocenters. The second kappa shape index (κ2) is 15.0. The van der Waals surface area contributed by atoms with Gasteiger partial charge >= 0.3 is 11.9 Å². The third-order valence-corrected chi connectivity index (χ3v) is 19.2. The second-order valence-corrected chi connectivity index (χ2v) is 21.6. The molecule has 3 N–H and O–H groups in total. The molecule has 3 saturated carbocycles. The highest BCUT2D eigenvalue weighted by molar-refractivity contribution is 8.77. The fourth-order valence-electron chi connectivity index (χ4n) is 13.7. The van der Waals surface area contributed by atoms with Crippen molar-refractivity contribution in [3.8, 4) is 0 Å². The number of nitrogens with one attached hydrogen (secondary N) is 2. The molecule has 0 aromatic heterocycles. The first-order valence-corrected chi connectivity index (χ1v) is 25.0. The number of fused-ring (bicyclic) bond motifs is 6. The lowest BCUT2D eigenvalue weighted by Crippen LogP contribution is -2.54. The fourth-order valence-corrected chi connectivity index (χ4v) is 16.2. The Morgan fingerprint density at radius 1 is 0.900 bits per heavy atom. The highest BCUT2D eigenvalue weighted by atomic mass is 33.1. The summed E-state index contributed by atoms with van der Waals surface area (Å²) in [4.78, 5) is 57.8. The Morgan fingerprint density at radius 2 is 1.70 bits per heavy atom. The van der Waals surface area contributed by atoms with E-state index in [0.29, 0.717) is 36.6 Å². The summed E-state index contributed by atoms with van der Waals surface area (Å²) in [5.74, 6) is 0.254. The van der Waals surface area contributed by atoms with Crippen LogP contribution in [0.15, 0.2) is 93.3 Å². The highest BCUT2D eigenvalue weighted by Crippen LogP contribution is 2.72. The monoisotopic (exact) mass is 849 g/mol. The Morgan fingerprint density at radius 3 is 2.48 bits per heavy atom. The Bertz CT molecular complexity index is 2180. The van der Waals surface area contributed by atoms with Crippen LogP contribution in [0.5, 0.6) is 0 Å². The van der Waals surface area contributed by atoms with Crippen molar-refractivity contribution in [2.75, 3.05) is 13.1 Å². The number of imide groups is 1. The van der Waals surface area contributed by atoms with E-state index >= 15 is 4.79 Å². The van der Waals surface area contributed by atoms with Gasteiger partial charge in [0.15, 0.2) is 0 Å². The van der Waals surface area contributed by atoms with E-state index in [1.807, 2.05) is 0 Å². The Labute approximate surface area is 359 Å². The van der Waals surface area contributed by atoms with E-state index in [9.17, 15) is 19.5 Å². The van der Waals surface area contributed by atoms with Crippen LogP contribution < -0.4 is 10.6 Å². The van der Waals surface area contributed by atoms with E-state index in [1.54, 1.807) is 10.8 Å². The lowest BCUT2D eigenvalue weighted by molar-refractivity contribution is -0.138. The van der Waals surface area contributed by atoms with Crippen LogP contribution in [-0.2, 0) is 28.7 Å². The first-order valence-electron chi connectivity index (χ1n) is 22.7. The number of amides is 2. The van der Waals surface area contributed by atoms with Crippen molar-refractivity contribution in [3.05, 3.63) is 93.3 Å². The van der Waals surface area contributed by atoms with Gasteiger partial charge in [-0.3, -0.25) is 14.5 Å². The zero-order chi connectivity index (χ0) is 40.9. The number of allylic oxidation sites excluding steroid dienone is 6. The van der Waals surface area contributed by atoms with Crippen molar-refractivity contribution >= 4 is 45.3 Å². The van der Waals surface area contributed by atoms with Gasteiger partial charge in [-0.05, 0) is 97.8 Å². The second-order valence-electron chi connectivity index (χ2n) is 19.1. The molecule has 8 atom stereocenters. The number of aliphatic hydroxyl groups is 1. The van der Waals surface area contributed by atoms with E-state index in [0.717, 1.165) is 104 Å². The van der Waals surface area contributed by atoms with Crippen LogP contribution in [0, 0.1) is 46.3 Å². The maximum absolute atomic E-state index is 15.1. The predicted octanol–water partition coefficient (Wildman–Crippen LogP) is 7.94. The number of hydrogen-bond acceptors (Lipinski definition) is 11. The predicted molar refractivity (Wildman–Crippen MR) is 229 cm³/mol. The average molecular weight is 850 g/mol. The maximum Gasteiger partial charge on any atom is 0.340 e. The molecule has 7 aliphatic heterocycles. The standard InChI is InChI=1S/C48H55N3O7S2/c1-2-47(20-6-7-21-47)24-34-32-11-10-30-29-18-22-48(41(30)40(32)44(54)57-34)35-14-12-27(26-8-4-3-5-9-26)46(56)60-59-36-15-13-31-28(19-23-49-43(31)50-36)33(39(29)42(48)45(55)58-35)25-51-37(52)16-17-38(51)53/h13-17,19,24,26-27,29-30,33,36,41,46,49-50,56H,2-12,18,20-23,25H2,1H3/b34-24-,35-14-/t27-,29-,30-,33-,36+,41+,46+,48-/m0/s1. The zero-order valence-corrected chi connectivity index (χ0v) is 36.0. The van der Waals surface area contributed by atoms with E-state index in [1.165, 1.54) is 47.1 Å². The molecule has 6 aliphatic carbocycles. The van der Waals surface area contributed by atoms with Gasteiger partial charge in [0.1, 0.15) is 28.1 Å². The third-order valence-electron chi connectivity index (χ3n) is 16.5. The van der Waals surface area contributed by atoms with Crippen molar-refractivity contribution in [3.63, 3.8) is 0 Å². The molecule has 13 aliphatic rings. The van der Waals surface area contributed by atoms with Crippen LogP contribution in [-0.4, -0.2) is 57.7 Å². The summed E-state index contributed by atoms with van der Waals surface area (Å²) >= 11 is 0. The number of carbonyl (C=O) groups is 4. The minimum absolute atomic E-state index is 0.0176. The average Bonchev–Trinajstić information content (AvgIpc) is 4.03. The van der Waals surface area contributed by atoms with Gasteiger partial charge in [-0.25, -0.2) is 9.59 Å². The minimum atomic E-state index is -0.926. The fraction of sp³-hybridized carbons (Fsp3) is 0.583. The van der Waals surface area contributed by atoms with Crippen molar-refractivity contribution in [1.82, 2.24) is 15.5 Å². The first kappa shape index (κ1) is 39.1. The van der Waals surface area contributed by atoms with Gasteiger partial charge in [0.25, 0.3) is 11.8 Å². The van der Waals surface area contributed by atoms with Gasteiger partial charge in [-0.15, -0.1) is 0 Å². The van der Waals surface area contributed by atoms with E-state index < -0.39 is 22.7 Å². The number of carbonyl (C=O) groups excluding carboxylic acids is 4. The van der Waals surface area contributed by atoms with Gasteiger partial charge in [-0.1, -0.05) is 91.7 Å². The van der Waals surface area contributed by atoms with Crippen molar-refractivity contribution in [1.29, 1.82) is 0 Å². The summed E-state index contributed by atoms with van der Waals surface area (Å²) < 4.78 is 13.0. The third kappa shape index (κ3) is 5.99. The molecule has 9 bridgehead atoms. The lowest BCUT2D eigenvalue weighted by atomic mass is 9.43. The van der Waals surface area contributed by atoms with Crippen molar-refractivity contribution < 1.29 is 33.8 Å². The Kier molecular flexibility index (Phi) is 9.76. The van der Waals surface area contributed by atoms with Gasteiger partial charge in [0.05, 0.1) is 11.0 Å². The molecule has 60 heavy (non-hydrogen) atoms. The van der Waals surface area contributed by atoms with E-state index in [-0.39, 0.29) is 58.8 Å². The topological polar surface area (TPSA) is 134 Å². The van der Waals surface area contributed by atoms with Gasteiger partial charge < -0.3 is 25.2 Å². The Hall–Kier alpha value is -3.74. The number of rotatable bonds is 5. The zero-order valence-electron chi connectivity index (χ0n) is 34.3. The largest absolute Gasteiger partial charge is 0.427 e. The number of hydrogen-bond donors (Lipinski definition) is 3. The molecule has 2 amide bonds. The molecule has 10 nitrogen and oxygen atoms in total. The summed E-state index contributed by atoms with van der Waals surface area (Å²) in [7, 11) is 3.12. The Balaban J connectivity index is 1.13. The summed E-state index contributed by atoms with van der Waals surface area (Å²) in [6.45, 7) is 2.87. The van der Waals surface area contributed by atoms with Crippen molar-refractivity contribution in [2.45, 2.75) is 114 Å². The number of aliphatic hydroxyl groups excluding tert-OH is 1. The van der Waals surface area contributed by atoms with Crippen molar-refractivity contribution in [2.24, 2.45) is 46.3 Å². The molecule has 1 spiro atoms. The molecule has 0 radical (unpaired) electrons. The van der Waals surface area contributed by atoms with Crippen LogP contribution in [0.1, 0.15) is 103 Å². The molecule has 4 fully saturated rings. The first-order chi connectivity index (χ1) is 29.2. The minimum Gasteiger partial charge on any atom is -0.427 e. The molecule has 1 saturated heterocycles. The molecule has 316 valence electrons. The molecule has 0 aromatic carbocycles. The van der Waals surface area contributed by atoms with Crippen LogP contribution in [0.2, 0.25) is 0 Å². The highest BCUT2D eigenvalue weighted by Gasteiger charge is 2.69. The van der Waals surface area contributed by atoms with E-state index in [4.69, 9.17) is 9.47 Å². The quantitative estimate of drug-likeness (QED) is 0.142. The smallest absolute Gasteiger partial charge is 0.340 e. The van der Waals surface area contributed by atoms with Crippen LogP contribution in [0.3, 0.4) is 0 Å². The number of esters is 2. The van der Waals surface area contributed by atoms with Gasteiger partial charge in [0.2, 0.25) is 0 Å². The molecule has 13 rings (SSSR count). The normalized spacial score (nSPS) is 38.5. The SMILES string of the molecule is CCC1(/C=C2\OC(=O)C3=C2CC[C@H]2[C@@H]4CC[C@@]5(C6=C4[C@@H](CN4C(=O)C=CC4=O)C4=CCNC7=C4C=C[C@H](N7)SS[C@@H](O)[C@H](C4CCCCC4)C/C=C/5OC6=O)[C@@H]32)CCCC1. The summed E-state index contributed by atoms with van der Waals surface area (Å²) in [6.07, 6.45) is 28.1. The summed E-state index contributed by atoms with van der Waals surface area (Å²) in [5.41, 5.74) is 3.66. The lowest BCUT2D eigenvalue weighted by Gasteiger charge is -2.57. The number of ether oxygens (including phenoxy) is 2. The molecular formula is C48H55N3O7S2. The maximum atomic E-state index is 15.1. The summed E-state index contributed by atoms with van der Waals surface area (Å²) in [5, 5.41) is 19.2. The molecule has 12 heteroatoms. The van der Waals surface area contributed by atoms with Crippen LogP contribution in [0.25, 0.3) is 0 Å². The van der Waals surface area contributed by atoms with Crippen LogP contribution >= 0.6 is 21.6 Å². The summed E-state index contributed by atoms with van der Waals surface area (Å²) in [6, 6.07) is 0.